The van der Waals surface area contributed by atoms with Crippen LogP contribution in [-0.2, 0) is 16.0 Å². The number of carbonyl (C=O) groups is 2. The summed E-state index contributed by atoms with van der Waals surface area (Å²) in [6.07, 6.45) is -0.782. The van der Waals surface area contributed by atoms with Crippen LogP contribution < -0.4 is 19.7 Å². The smallest absolute Gasteiger partial charge is 0.408 e. The first-order valence-electron chi connectivity index (χ1n) is 13.3. The quantitative estimate of drug-likeness (QED) is 0.351. The minimum Gasteiger partial charge on any atom is -0.491 e. The number of ether oxygens (including phenoxy) is 4. The molecule has 1 aliphatic rings. The fourth-order valence-corrected chi connectivity index (χ4v) is 4.24. The standard InChI is InChI=1S/C28H34F3N5O6/c1-7-39-25(37)18-11-32-36-13-21-24(33-23(18)36)35(19(14-40-21)22(30)31)12-16-10-17(29)8-9-20(16)41-15-28(5,6)34-26(38)42-27(2,3)4/h8-11,13,19,22H,7,12,14-15H2,1-6H3,(H,34,38)/t19-/m0/s1. The van der Waals surface area contributed by atoms with Gasteiger partial charge in [-0.05, 0) is 59.7 Å². The molecule has 0 spiro atoms. The highest BCUT2D eigenvalue weighted by atomic mass is 19.3. The van der Waals surface area contributed by atoms with Crippen LogP contribution in [0.3, 0.4) is 0 Å². The van der Waals surface area contributed by atoms with Gasteiger partial charge in [-0.1, -0.05) is 0 Å². The molecule has 4 rings (SSSR count). The number of hydrogen-bond acceptors (Lipinski definition) is 9. The van der Waals surface area contributed by atoms with Crippen LogP contribution in [0.5, 0.6) is 11.5 Å². The van der Waals surface area contributed by atoms with Crippen LogP contribution in [0.15, 0.2) is 30.6 Å². The Bertz CT molecular complexity index is 1460. The molecular formula is C28H34F3N5O6. The van der Waals surface area contributed by atoms with E-state index in [0.717, 1.165) is 0 Å². The molecule has 0 bridgehead atoms. The van der Waals surface area contributed by atoms with Gasteiger partial charge in [-0.2, -0.15) is 5.10 Å². The SMILES string of the molecule is CCOC(=O)c1cnn2cc3c(nc12)N(Cc1cc(F)ccc1OCC(C)(C)NC(=O)OC(C)(C)C)[C@H](C(F)F)CO3. The maximum atomic E-state index is 14.4. The molecule has 0 unspecified atom stereocenters. The molecule has 1 amide bonds. The number of rotatable bonds is 9. The van der Waals surface area contributed by atoms with Crippen LogP contribution in [-0.4, -0.2) is 70.1 Å². The Morgan fingerprint density at radius 1 is 1.21 bits per heavy atom. The van der Waals surface area contributed by atoms with Gasteiger partial charge in [0, 0.05) is 12.1 Å². The lowest BCUT2D eigenvalue weighted by molar-refractivity contribution is 0.0440. The van der Waals surface area contributed by atoms with Crippen molar-refractivity contribution in [1.29, 1.82) is 0 Å². The Kier molecular flexibility index (Phi) is 8.73. The second kappa shape index (κ2) is 11.9. The van der Waals surface area contributed by atoms with Crippen molar-refractivity contribution in [2.75, 3.05) is 24.7 Å². The van der Waals surface area contributed by atoms with Gasteiger partial charge in [-0.25, -0.2) is 32.3 Å². The van der Waals surface area contributed by atoms with E-state index < -0.39 is 41.5 Å². The van der Waals surface area contributed by atoms with Crippen molar-refractivity contribution in [3.8, 4) is 11.5 Å². The highest BCUT2D eigenvalue weighted by Crippen LogP contribution is 2.37. The van der Waals surface area contributed by atoms with E-state index in [-0.39, 0.29) is 60.5 Å². The van der Waals surface area contributed by atoms with Crippen LogP contribution in [0, 0.1) is 5.82 Å². The fraction of sp³-hybridized carbons (Fsp3) is 0.500. The van der Waals surface area contributed by atoms with Crippen LogP contribution in [0.2, 0.25) is 0 Å². The molecule has 0 saturated carbocycles. The van der Waals surface area contributed by atoms with Crippen LogP contribution in [0.4, 0.5) is 23.8 Å². The molecule has 1 N–H and O–H groups in total. The summed E-state index contributed by atoms with van der Waals surface area (Å²) in [5.74, 6) is -0.882. The van der Waals surface area contributed by atoms with Crippen molar-refractivity contribution in [2.24, 2.45) is 0 Å². The maximum absolute atomic E-state index is 14.4. The second-order valence-corrected chi connectivity index (χ2v) is 11.4. The Labute approximate surface area is 240 Å². The molecule has 3 heterocycles. The summed E-state index contributed by atoms with van der Waals surface area (Å²) in [6, 6.07) is 2.31. The largest absolute Gasteiger partial charge is 0.491 e. The molecule has 2 aromatic heterocycles. The fourth-order valence-electron chi connectivity index (χ4n) is 4.24. The highest BCUT2D eigenvalue weighted by Gasteiger charge is 2.37. The van der Waals surface area contributed by atoms with Gasteiger partial charge in [0.25, 0.3) is 6.43 Å². The van der Waals surface area contributed by atoms with E-state index in [0.29, 0.717) is 0 Å². The average molecular weight is 594 g/mol. The van der Waals surface area contributed by atoms with Gasteiger partial charge in [-0.15, -0.1) is 0 Å². The highest BCUT2D eigenvalue weighted by molar-refractivity contribution is 5.96. The monoisotopic (exact) mass is 593 g/mol. The van der Waals surface area contributed by atoms with Crippen molar-refractivity contribution in [3.63, 3.8) is 0 Å². The average Bonchev–Trinajstić information content (AvgIpc) is 3.28. The van der Waals surface area contributed by atoms with E-state index in [2.05, 4.69) is 15.4 Å². The van der Waals surface area contributed by atoms with E-state index in [1.807, 2.05) is 0 Å². The first-order valence-corrected chi connectivity index (χ1v) is 13.3. The molecule has 1 aliphatic heterocycles. The molecule has 0 aliphatic carbocycles. The van der Waals surface area contributed by atoms with E-state index >= 15 is 0 Å². The van der Waals surface area contributed by atoms with Gasteiger partial charge in [0.05, 0.1) is 24.5 Å². The number of nitrogens with zero attached hydrogens (tertiary/aromatic N) is 4. The molecule has 0 saturated heterocycles. The molecule has 0 fully saturated rings. The predicted octanol–water partition coefficient (Wildman–Crippen LogP) is 4.76. The van der Waals surface area contributed by atoms with Gasteiger partial charge in [0.15, 0.2) is 17.2 Å². The number of alkyl halides is 2. The zero-order valence-electron chi connectivity index (χ0n) is 24.2. The molecule has 3 aromatic rings. The molecule has 1 atom stereocenters. The van der Waals surface area contributed by atoms with Gasteiger partial charge >= 0.3 is 12.1 Å². The number of halogens is 3. The number of carbonyl (C=O) groups excluding carboxylic acids is 2. The Balaban J connectivity index is 1.64. The first-order chi connectivity index (χ1) is 19.7. The van der Waals surface area contributed by atoms with Crippen LogP contribution in [0.25, 0.3) is 5.65 Å². The summed E-state index contributed by atoms with van der Waals surface area (Å²) in [4.78, 5) is 30.5. The van der Waals surface area contributed by atoms with Crippen molar-refractivity contribution >= 4 is 23.5 Å². The Hall–Kier alpha value is -4.23. The first kappa shape index (κ1) is 30.7. The number of hydrogen-bond donors (Lipinski definition) is 1. The zero-order valence-corrected chi connectivity index (χ0v) is 24.2. The number of anilines is 1. The van der Waals surface area contributed by atoms with E-state index in [1.165, 1.54) is 40.0 Å². The molecule has 14 heteroatoms. The number of benzene rings is 1. The third-order valence-corrected chi connectivity index (χ3v) is 6.10. The summed E-state index contributed by atoms with van der Waals surface area (Å²) in [5, 5.41) is 6.83. The summed E-state index contributed by atoms with van der Waals surface area (Å²) >= 11 is 0. The van der Waals surface area contributed by atoms with Gasteiger partial charge in [0.2, 0.25) is 0 Å². The Morgan fingerprint density at radius 2 is 1.95 bits per heavy atom. The summed E-state index contributed by atoms with van der Waals surface area (Å²) in [6.45, 7) is 9.77. The predicted molar refractivity (Wildman–Crippen MR) is 146 cm³/mol. The summed E-state index contributed by atoms with van der Waals surface area (Å²) in [7, 11) is 0. The lowest BCUT2D eigenvalue weighted by atomic mass is 10.1. The minimum atomic E-state index is -2.85. The van der Waals surface area contributed by atoms with E-state index in [1.54, 1.807) is 41.5 Å². The number of nitrogens with one attached hydrogen (secondary N) is 1. The lowest BCUT2D eigenvalue weighted by Crippen LogP contribution is -2.49. The molecule has 11 nitrogen and oxygen atoms in total. The summed E-state index contributed by atoms with van der Waals surface area (Å²) < 4.78 is 66.2. The van der Waals surface area contributed by atoms with Crippen molar-refractivity contribution in [2.45, 2.75) is 71.7 Å². The maximum Gasteiger partial charge on any atom is 0.408 e. The number of aromatic nitrogens is 3. The molecule has 0 radical (unpaired) electrons. The van der Waals surface area contributed by atoms with Gasteiger partial charge in [-0.3, -0.25) is 0 Å². The number of fused-ring (bicyclic) bond motifs is 2. The minimum absolute atomic E-state index is 0.0206. The number of amides is 1. The third-order valence-electron chi connectivity index (χ3n) is 6.10. The molecule has 42 heavy (non-hydrogen) atoms. The number of alkyl carbamates (subject to hydrolysis) is 1. The molecule has 1 aromatic carbocycles. The normalized spacial score (nSPS) is 15.3. The van der Waals surface area contributed by atoms with Crippen molar-refractivity contribution in [3.05, 3.63) is 47.5 Å². The third kappa shape index (κ3) is 7.15. The van der Waals surface area contributed by atoms with Gasteiger partial charge < -0.3 is 29.2 Å². The van der Waals surface area contributed by atoms with Crippen molar-refractivity contribution < 1.29 is 41.7 Å². The van der Waals surface area contributed by atoms with Crippen molar-refractivity contribution in [1.82, 2.24) is 19.9 Å². The Morgan fingerprint density at radius 3 is 2.62 bits per heavy atom. The number of esters is 1. The summed E-state index contributed by atoms with van der Waals surface area (Å²) in [5.41, 5.74) is -1.21. The topological polar surface area (TPSA) is 117 Å². The van der Waals surface area contributed by atoms with Gasteiger partial charge in [0.1, 0.15) is 42.0 Å². The van der Waals surface area contributed by atoms with E-state index in [9.17, 15) is 22.8 Å². The van der Waals surface area contributed by atoms with E-state index in [4.69, 9.17) is 18.9 Å². The lowest BCUT2D eigenvalue weighted by Gasteiger charge is -2.37. The van der Waals surface area contributed by atoms with Crippen LogP contribution >= 0.6 is 0 Å². The molecular weight excluding hydrogens is 559 g/mol. The second-order valence-electron chi connectivity index (χ2n) is 11.4. The zero-order chi connectivity index (χ0) is 30.8. The molecule has 228 valence electrons. The van der Waals surface area contributed by atoms with Crippen LogP contribution in [0.1, 0.15) is 57.5 Å².